The molecule has 1 rings (SSSR count). The third-order valence-corrected chi connectivity index (χ3v) is 3.46. The highest BCUT2D eigenvalue weighted by molar-refractivity contribution is 5.81. The van der Waals surface area contributed by atoms with Crippen molar-refractivity contribution in [2.24, 2.45) is 11.8 Å². The smallest absolute Gasteiger partial charge is 0.303 e. The van der Waals surface area contributed by atoms with Crippen LogP contribution in [-0.4, -0.2) is 36.1 Å². The molecular formula is C14H26N2O3. The van der Waals surface area contributed by atoms with Crippen LogP contribution in [-0.2, 0) is 9.59 Å². The van der Waals surface area contributed by atoms with Gasteiger partial charge in [0.2, 0.25) is 5.91 Å². The lowest BCUT2D eigenvalue weighted by Crippen LogP contribution is -2.47. The number of carboxylic acids is 1. The minimum Gasteiger partial charge on any atom is -0.481 e. The van der Waals surface area contributed by atoms with Crippen LogP contribution in [0.15, 0.2) is 0 Å². The van der Waals surface area contributed by atoms with Crippen LogP contribution in [0.2, 0.25) is 0 Å². The van der Waals surface area contributed by atoms with E-state index < -0.39 is 5.97 Å². The molecule has 0 aromatic rings. The predicted octanol–water partition coefficient (Wildman–Crippen LogP) is 1.38. The largest absolute Gasteiger partial charge is 0.481 e. The zero-order chi connectivity index (χ0) is 14.3. The zero-order valence-corrected chi connectivity index (χ0v) is 11.9. The zero-order valence-electron chi connectivity index (χ0n) is 11.9. The summed E-state index contributed by atoms with van der Waals surface area (Å²) in [4.78, 5) is 22.8. The predicted molar refractivity (Wildman–Crippen MR) is 73.8 cm³/mol. The van der Waals surface area contributed by atoms with E-state index in [2.05, 4.69) is 24.5 Å². The SMILES string of the molecule is CC(C)C[C@@H](CNC(=O)[C@@H]1CCCCN1)CC(=O)O. The number of aliphatic carboxylic acids is 1. The van der Waals surface area contributed by atoms with Crippen LogP contribution in [0.5, 0.6) is 0 Å². The molecule has 0 bridgehead atoms. The van der Waals surface area contributed by atoms with Crippen LogP contribution in [0.3, 0.4) is 0 Å². The maximum atomic E-state index is 12.0. The van der Waals surface area contributed by atoms with E-state index in [1.807, 2.05) is 0 Å². The minimum absolute atomic E-state index is 0.0128. The lowest BCUT2D eigenvalue weighted by molar-refractivity contribution is -0.138. The second-order valence-electron chi connectivity index (χ2n) is 5.84. The number of rotatable bonds is 7. The van der Waals surface area contributed by atoms with Crippen molar-refractivity contribution in [3.63, 3.8) is 0 Å². The average Bonchev–Trinajstić information content (AvgIpc) is 2.35. The average molecular weight is 270 g/mol. The fourth-order valence-corrected chi connectivity index (χ4v) is 2.60. The summed E-state index contributed by atoms with van der Waals surface area (Å²) in [5, 5.41) is 15.0. The van der Waals surface area contributed by atoms with Crippen molar-refractivity contribution in [1.29, 1.82) is 0 Å². The molecule has 3 N–H and O–H groups in total. The molecule has 2 atom stereocenters. The van der Waals surface area contributed by atoms with Gasteiger partial charge in [-0.05, 0) is 37.6 Å². The van der Waals surface area contributed by atoms with Gasteiger partial charge in [-0.15, -0.1) is 0 Å². The van der Waals surface area contributed by atoms with E-state index in [-0.39, 0.29) is 24.3 Å². The fraction of sp³-hybridized carbons (Fsp3) is 0.857. The lowest BCUT2D eigenvalue weighted by atomic mass is 9.94. The van der Waals surface area contributed by atoms with Gasteiger partial charge >= 0.3 is 5.97 Å². The highest BCUT2D eigenvalue weighted by Gasteiger charge is 2.22. The number of piperidine rings is 1. The number of hydrogen-bond donors (Lipinski definition) is 3. The summed E-state index contributed by atoms with van der Waals surface area (Å²) >= 11 is 0. The number of hydrogen-bond acceptors (Lipinski definition) is 3. The van der Waals surface area contributed by atoms with Crippen molar-refractivity contribution in [1.82, 2.24) is 10.6 Å². The molecule has 1 fully saturated rings. The van der Waals surface area contributed by atoms with Gasteiger partial charge in [-0.3, -0.25) is 9.59 Å². The molecule has 0 aromatic carbocycles. The molecule has 1 amide bonds. The number of carbonyl (C=O) groups is 2. The Morgan fingerprint density at radius 1 is 1.37 bits per heavy atom. The van der Waals surface area contributed by atoms with E-state index in [9.17, 15) is 9.59 Å². The number of carboxylic acid groups (broad SMARTS) is 1. The van der Waals surface area contributed by atoms with E-state index >= 15 is 0 Å². The van der Waals surface area contributed by atoms with E-state index in [0.717, 1.165) is 32.2 Å². The van der Waals surface area contributed by atoms with Crippen molar-refractivity contribution in [3.8, 4) is 0 Å². The Morgan fingerprint density at radius 2 is 2.11 bits per heavy atom. The normalized spacial score (nSPS) is 21.1. The first-order valence-corrected chi connectivity index (χ1v) is 7.22. The summed E-state index contributed by atoms with van der Waals surface area (Å²) in [7, 11) is 0. The lowest BCUT2D eigenvalue weighted by Gasteiger charge is -2.24. The first kappa shape index (κ1) is 16.0. The number of nitrogens with one attached hydrogen (secondary N) is 2. The summed E-state index contributed by atoms with van der Waals surface area (Å²) in [5.74, 6) is -0.325. The molecule has 5 heteroatoms. The molecule has 0 radical (unpaired) electrons. The van der Waals surface area contributed by atoms with Crippen molar-refractivity contribution >= 4 is 11.9 Å². The topological polar surface area (TPSA) is 78.4 Å². The summed E-state index contributed by atoms with van der Waals surface area (Å²) < 4.78 is 0. The van der Waals surface area contributed by atoms with Gasteiger partial charge in [0.05, 0.1) is 6.04 Å². The van der Waals surface area contributed by atoms with Crippen LogP contribution in [0.25, 0.3) is 0 Å². The highest BCUT2D eigenvalue weighted by Crippen LogP contribution is 2.15. The maximum absolute atomic E-state index is 12.0. The van der Waals surface area contributed by atoms with Crippen LogP contribution < -0.4 is 10.6 Å². The van der Waals surface area contributed by atoms with Gasteiger partial charge in [-0.25, -0.2) is 0 Å². The Labute approximate surface area is 115 Å². The van der Waals surface area contributed by atoms with E-state index in [1.165, 1.54) is 0 Å². The summed E-state index contributed by atoms with van der Waals surface area (Å²) in [6.07, 6.45) is 4.02. The molecule has 0 aliphatic carbocycles. The monoisotopic (exact) mass is 270 g/mol. The first-order valence-electron chi connectivity index (χ1n) is 7.22. The summed E-state index contributed by atoms with van der Waals surface area (Å²) in [6.45, 7) is 5.49. The van der Waals surface area contributed by atoms with Crippen molar-refractivity contribution in [3.05, 3.63) is 0 Å². The van der Waals surface area contributed by atoms with Gasteiger partial charge in [-0.1, -0.05) is 20.3 Å². The molecule has 110 valence electrons. The van der Waals surface area contributed by atoms with Crippen molar-refractivity contribution in [2.45, 2.75) is 52.0 Å². The molecule has 0 spiro atoms. The summed E-state index contributed by atoms with van der Waals surface area (Å²) in [5.41, 5.74) is 0. The van der Waals surface area contributed by atoms with Gasteiger partial charge in [-0.2, -0.15) is 0 Å². The third-order valence-electron chi connectivity index (χ3n) is 3.46. The van der Waals surface area contributed by atoms with Crippen molar-refractivity contribution < 1.29 is 14.7 Å². The molecule has 1 saturated heterocycles. The Kier molecular flexibility index (Phi) is 6.84. The molecule has 0 aromatic heterocycles. The Balaban J connectivity index is 2.36. The summed E-state index contributed by atoms with van der Waals surface area (Å²) in [6, 6.07) is -0.0988. The molecule has 1 aliphatic heterocycles. The van der Waals surface area contributed by atoms with Gasteiger partial charge < -0.3 is 15.7 Å². The quantitative estimate of drug-likeness (QED) is 0.653. The number of carbonyl (C=O) groups excluding carboxylic acids is 1. The fourth-order valence-electron chi connectivity index (χ4n) is 2.60. The maximum Gasteiger partial charge on any atom is 0.303 e. The molecule has 1 heterocycles. The second-order valence-corrected chi connectivity index (χ2v) is 5.84. The van der Waals surface area contributed by atoms with Crippen LogP contribution in [0.1, 0.15) is 46.0 Å². The Bertz CT molecular complexity index is 299. The molecule has 0 unspecified atom stereocenters. The standard InChI is InChI=1S/C14H26N2O3/c1-10(2)7-11(8-13(17)18)9-16-14(19)12-5-3-4-6-15-12/h10-12,15H,3-9H2,1-2H3,(H,16,19)(H,17,18)/t11-,12+/m1/s1. The first-order chi connectivity index (χ1) is 8.99. The van der Waals surface area contributed by atoms with E-state index in [4.69, 9.17) is 5.11 Å². The Hall–Kier alpha value is -1.10. The molecule has 19 heavy (non-hydrogen) atoms. The number of amides is 1. The van der Waals surface area contributed by atoms with Gasteiger partial charge in [0.15, 0.2) is 0 Å². The Morgan fingerprint density at radius 3 is 2.63 bits per heavy atom. The van der Waals surface area contributed by atoms with Crippen LogP contribution in [0.4, 0.5) is 0 Å². The van der Waals surface area contributed by atoms with Gasteiger partial charge in [0, 0.05) is 13.0 Å². The van der Waals surface area contributed by atoms with Crippen LogP contribution in [0, 0.1) is 11.8 Å². The highest BCUT2D eigenvalue weighted by atomic mass is 16.4. The van der Waals surface area contributed by atoms with Crippen LogP contribution >= 0.6 is 0 Å². The van der Waals surface area contributed by atoms with Gasteiger partial charge in [0.25, 0.3) is 0 Å². The second kappa shape index (κ2) is 8.15. The van der Waals surface area contributed by atoms with E-state index in [1.54, 1.807) is 0 Å². The molecule has 5 nitrogen and oxygen atoms in total. The van der Waals surface area contributed by atoms with E-state index in [0.29, 0.717) is 12.5 Å². The molecular weight excluding hydrogens is 244 g/mol. The minimum atomic E-state index is -0.796. The van der Waals surface area contributed by atoms with Crippen molar-refractivity contribution in [2.75, 3.05) is 13.1 Å². The molecule has 0 saturated carbocycles. The van der Waals surface area contributed by atoms with Gasteiger partial charge in [0.1, 0.15) is 0 Å². The third kappa shape index (κ3) is 6.57. The molecule has 1 aliphatic rings.